The van der Waals surface area contributed by atoms with Crippen LogP contribution in [0.25, 0.3) is 0 Å². The largest absolute Gasteiger partial charge is 0.573 e. The lowest BCUT2D eigenvalue weighted by molar-refractivity contribution is -0.389. The number of aromatic nitrogens is 1. The first kappa shape index (κ1) is 16.5. The lowest BCUT2D eigenvalue weighted by Gasteiger charge is -2.15. The normalized spacial score (nSPS) is 11.9. The van der Waals surface area contributed by atoms with Crippen molar-refractivity contribution in [2.75, 3.05) is 0 Å². The smallest absolute Gasteiger partial charge is 0.398 e. The molecule has 1 aromatic heterocycles. The predicted octanol–water partition coefficient (Wildman–Crippen LogP) is 2.97. The Hall–Kier alpha value is -2.58. The van der Waals surface area contributed by atoms with E-state index in [9.17, 15) is 36.5 Å². The third-order valence-electron chi connectivity index (χ3n) is 2.05. The van der Waals surface area contributed by atoms with Crippen molar-refractivity contribution in [3.63, 3.8) is 0 Å². The van der Waals surface area contributed by atoms with Gasteiger partial charge >= 0.3 is 18.2 Å². The molecule has 0 amide bonds. The monoisotopic (exact) mass is 315 g/mol. The SMILES string of the molecule is N#CCc1c(C(F)(F)F)ncc([N+](=O)[O-])c1OC(F)(F)F. The van der Waals surface area contributed by atoms with Crippen molar-refractivity contribution in [2.24, 2.45) is 0 Å². The molecule has 1 rings (SSSR count). The summed E-state index contributed by atoms with van der Waals surface area (Å²) < 4.78 is 77.8. The highest BCUT2D eigenvalue weighted by atomic mass is 19.4. The lowest BCUT2D eigenvalue weighted by atomic mass is 10.1. The van der Waals surface area contributed by atoms with Crippen molar-refractivity contribution >= 4 is 5.69 Å². The van der Waals surface area contributed by atoms with Gasteiger partial charge in [-0.05, 0) is 0 Å². The van der Waals surface area contributed by atoms with Gasteiger partial charge in [0.05, 0.1) is 17.4 Å². The van der Waals surface area contributed by atoms with Crippen LogP contribution in [0.2, 0.25) is 0 Å². The molecule has 0 saturated heterocycles. The van der Waals surface area contributed by atoms with Crippen LogP contribution in [-0.2, 0) is 12.6 Å². The molecular weight excluding hydrogens is 312 g/mol. The van der Waals surface area contributed by atoms with Crippen LogP contribution in [0.3, 0.4) is 0 Å². The number of halogens is 6. The predicted molar refractivity (Wildman–Crippen MR) is 51.9 cm³/mol. The molecule has 12 heteroatoms. The van der Waals surface area contributed by atoms with Gasteiger partial charge in [0.2, 0.25) is 5.75 Å². The maximum absolute atomic E-state index is 12.6. The van der Waals surface area contributed by atoms with Gasteiger partial charge in [0.15, 0.2) is 5.69 Å². The zero-order valence-corrected chi connectivity index (χ0v) is 9.62. The van der Waals surface area contributed by atoms with Gasteiger partial charge < -0.3 is 4.74 Å². The van der Waals surface area contributed by atoms with Crippen molar-refractivity contribution in [1.82, 2.24) is 4.98 Å². The van der Waals surface area contributed by atoms with Crippen LogP contribution in [0.15, 0.2) is 6.20 Å². The van der Waals surface area contributed by atoms with E-state index in [2.05, 4.69) is 9.72 Å². The fraction of sp³-hybridized carbons (Fsp3) is 0.333. The average molecular weight is 315 g/mol. The van der Waals surface area contributed by atoms with Crippen LogP contribution in [-0.4, -0.2) is 16.3 Å². The molecule has 21 heavy (non-hydrogen) atoms. The summed E-state index contributed by atoms with van der Waals surface area (Å²) >= 11 is 0. The van der Waals surface area contributed by atoms with Gasteiger partial charge in [-0.25, -0.2) is 4.98 Å². The number of ether oxygens (including phenoxy) is 1. The number of nitriles is 1. The van der Waals surface area contributed by atoms with Gasteiger partial charge in [0.25, 0.3) is 0 Å². The molecule has 1 heterocycles. The first-order chi connectivity index (χ1) is 9.47. The molecule has 0 atom stereocenters. The standard InChI is InChI=1S/C9H3F6N3O3/c10-8(11,12)7-4(1-2-16)6(21-9(13,14)15)5(3-17-7)18(19)20/h3H,1H2. The van der Waals surface area contributed by atoms with Crippen LogP contribution in [0.4, 0.5) is 32.0 Å². The molecule has 0 aromatic carbocycles. The first-order valence-electron chi connectivity index (χ1n) is 4.83. The van der Waals surface area contributed by atoms with Crippen LogP contribution < -0.4 is 4.74 Å². The Morgan fingerprint density at radius 2 is 1.90 bits per heavy atom. The summed E-state index contributed by atoms with van der Waals surface area (Å²) in [6.45, 7) is 0. The maximum Gasteiger partial charge on any atom is 0.573 e. The Bertz CT molecular complexity index is 604. The number of nitrogens with zero attached hydrogens (tertiary/aromatic N) is 3. The first-order valence-corrected chi connectivity index (χ1v) is 4.83. The summed E-state index contributed by atoms with van der Waals surface area (Å²) in [7, 11) is 0. The second-order valence-corrected chi connectivity index (χ2v) is 3.44. The Balaban J connectivity index is 3.66. The highest BCUT2D eigenvalue weighted by Crippen LogP contribution is 2.41. The molecule has 114 valence electrons. The topological polar surface area (TPSA) is 89.0 Å². The van der Waals surface area contributed by atoms with E-state index in [0.717, 1.165) is 0 Å². The van der Waals surface area contributed by atoms with E-state index in [1.165, 1.54) is 6.07 Å². The molecule has 0 radical (unpaired) electrons. The van der Waals surface area contributed by atoms with Gasteiger partial charge in [-0.15, -0.1) is 13.2 Å². The Morgan fingerprint density at radius 1 is 1.33 bits per heavy atom. The number of hydrogen-bond acceptors (Lipinski definition) is 5. The van der Waals surface area contributed by atoms with Gasteiger partial charge in [0, 0.05) is 5.56 Å². The van der Waals surface area contributed by atoms with Gasteiger partial charge in [0.1, 0.15) is 6.20 Å². The third kappa shape index (κ3) is 3.94. The summed E-state index contributed by atoms with van der Waals surface area (Å²) in [6, 6.07) is 1.18. The van der Waals surface area contributed by atoms with Crippen LogP contribution in [0.5, 0.6) is 5.75 Å². The molecule has 0 fully saturated rings. The summed E-state index contributed by atoms with van der Waals surface area (Å²) in [6.07, 6.45) is -11.9. The summed E-state index contributed by atoms with van der Waals surface area (Å²) in [4.78, 5) is 11.9. The Labute approximate surface area is 111 Å². The van der Waals surface area contributed by atoms with Crippen molar-refractivity contribution < 1.29 is 36.0 Å². The van der Waals surface area contributed by atoms with Crippen molar-refractivity contribution in [1.29, 1.82) is 5.26 Å². The van der Waals surface area contributed by atoms with Gasteiger partial charge in [-0.1, -0.05) is 0 Å². The number of pyridine rings is 1. The minimum absolute atomic E-state index is 0.00916. The Kier molecular flexibility index (Phi) is 4.26. The van der Waals surface area contributed by atoms with E-state index in [-0.39, 0.29) is 6.20 Å². The molecule has 0 unspecified atom stereocenters. The zero-order valence-electron chi connectivity index (χ0n) is 9.62. The molecule has 0 aliphatic carbocycles. The lowest BCUT2D eigenvalue weighted by Crippen LogP contribution is -2.21. The van der Waals surface area contributed by atoms with Crippen molar-refractivity contribution in [3.05, 3.63) is 27.6 Å². The molecule has 0 saturated carbocycles. The number of hydrogen-bond donors (Lipinski definition) is 0. The quantitative estimate of drug-likeness (QED) is 0.486. The molecule has 0 aliphatic heterocycles. The molecule has 6 nitrogen and oxygen atoms in total. The van der Waals surface area contributed by atoms with Crippen molar-refractivity contribution in [3.8, 4) is 11.8 Å². The average Bonchev–Trinajstić information content (AvgIpc) is 2.27. The molecule has 0 aliphatic rings. The van der Waals surface area contributed by atoms with Gasteiger partial charge in [-0.3, -0.25) is 10.1 Å². The van der Waals surface area contributed by atoms with Gasteiger partial charge in [-0.2, -0.15) is 18.4 Å². The number of rotatable bonds is 3. The number of nitro groups is 1. The highest BCUT2D eigenvalue weighted by Gasteiger charge is 2.42. The zero-order chi connectivity index (χ0) is 16.4. The highest BCUT2D eigenvalue weighted by molar-refractivity contribution is 5.53. The minimum atomic E-state index is -5.47. The van der Waals surface area contributed by atoms with Crippen LogP contribution >= 0.6 is 0 Å². The molecular formula is C9H3F6N3O3. The molecule has 1 aromatic rings. The second-order valence-electron chi connectivity index (χ2n) is 3.44. The van der Waals surface area contributed by atoms with E-state index >= 15 is 0 Å². The van der Waals surface area contributed by atoms with Crippen LogP contribution in [0, 0.1) is 21.4 Å². The van der Waals surface area contributed by atoms with E-state index in [1.807, 2.05) is 0 Å². The summed E-state index contributed by atoms with van der Waals surface area (Å²) in [5.74, 6) is -1.70. The van der Waals surface area contributed by atoms with E-state index in [4.69, 9.17) is 5.26 Å². The summed E-state index contributed by atoms with van der Waals surface area (Å²) in [5, 5.41) is 19.0. The fourth-order valence-corrected chi connectivity index (χ4v) is 1.37. The van der Waals surface area contributed by atoms with Crippen LogP contribution in [0.1, 0.15) is 11.3 Å². The molecule has 0 N–H and O–H groups in total. The second kappa shape index (κ2) is 5.43. The van der Waals surface area contributed by atoms with E-state index in [1.54, 1.807) is 0 Å². The maximum atomic E-state index is 12.6. The molecule has 0 bridgehead atoms. The fourth-order valence-electron chi connectivity index (χ4n) is 1.37. The van der Waals surface area contributed by atoms with Crippen molar-refractivity contribution in [2.45, 2.75) is 19.0 Å². The van der Waals surface area contributed by atoms with E-state index in [0.29, 0.717) is 0 Å². The third-order valence-corrected chi connectivity index (χ3v) is 2.05. The van der Waals surface area contributed by atoms with E-state index < -0.39 is 46.6 Å². The molecule has 0 spiro atoms. The number of alkyl halides is 6. The summed E-state index contributed by atoms with van der Waals surface area (Å²) in [5.41, 5.74) is -4.63. The Morgan fingerprint density at radius 3 is 2.29 bits per heavy atom. The minimum Gasteiger partial charge on any atom is -0.398 e.